The number of pyridine rings is 1. The summed E-state index contributed by atoms with van der Waals surface area (Å²) in [4.78, 5) is 18.1. The van der Waals surface area contributed by atoms with E-state index in [9.17, 15) is 14.3 Å². The molecule has 142 valence electrons. The van der Waals surface area contributed by atoms with Gasteiger partial charge < -0.3 is 15.3 Å². The maximum absolute atomic E-state index is 13.2. The van der Waals surface area contributed by atoms with Crippen molar-refractivity contribution >= 4 is 5.97 Å². The molecule has 0 radical (unpaired) electrons. The highest BCUT2D eigenvalue weighted by Crippen LogP contribution is 2.47. The fourth-order valence-electron chi connectivity index (χ4n) is 4.16. The lowest BCUT2D eigenvalue weighted by atomic mass is 9.74. The summed E-state index contributed by atoms with van der Waals surface area (Å²) in [6, 6.07) is 3.95. The summed E-state index contributed by atoms with van der Waals surface area (Å²) in [5, 5.41) is 13.1. The molecule has 2 N–H and O–H groups in total. The van der Waals surface area contributed by atoms with Gasteiger partial charge in [-0.05, 0) is 75.6 Å². The fourth-order valence-corrected chi connectivity index (χ4v) is 4.16. The van der Waals surface area contributed by atoms with Crippen molar-refractivity contribution in [3.63, 3.8) is 0 Å². The number of carbonyl (C=O) groups is 1. The number of carboxylic acids is 1. The van der Waals surface area contributed by atoms with Crippen molar-refractivity contribution in [2.45, 2.75) is 51.0 Å². The molecule has 6 heteroatoms. The molecule has 3 fully saturated rings. The molecule has 26 heavy (non-hydrogen) atoms. The highest BCUT2D eigenvalue weighted by atomic mass is 19.1. The summed E-state index contributed by atoms with van der Waals surface area (Å²) in [7, 11) is 0. The number of likely N-dealkylation sites (tertiary alicyclic amines) is 1. The number of hydrogen-bond acceptors (Lipinski definition) is 4. The van der Waals surface area contributed by atoms with Crippen molar-refractivity contribution in [2.75, 3.05) is 26.2 Å². The van der Waals surface area contributed by atoms with E-state index in [4.69, 9.17) is 0 Å². The van der Waals surface area contributed by atoms with E-state index in [2.05, 4.69) is 15.2 Å². The minimum atomic E-state index is -0.639. The molecule has 3 aliphatic rings. The van der Waals surface area contributed by atoms with Gasteiger partial charge in [0.1, 0.15) is 5.82 Å². The minimum Gasteiger partial charge on any atom is -0.481 e. The van der Waals surface area contributed by atoms with Crippen molar-refractivity contribution in [3.8, 4) is 0 Å². The highest BCUT2D eigenvalue weighted by Gasteiger charge is 2.51. The topological polar surface area (TPSA) is 65.5 Å². The number of piperidine rings is 1. The van der Waals surface area contributed by atoms with Crippen LogP contribution >= 0.6 is 0 Å². The molecule has 1 aliphatic heterocycles. The molecule has 0 spiro atoms. The molecule has 1 aromatic rings. The quantitative estimate of drug-likeness (QED) is 0.745. The number of carboxylic acid groups (broad SMARTS) is 1. The Hall–Kier alpha value is -1.53. The Labute approximate surface area is 154 Å². The molecule has 2 aliphatic carbocycles. The zero-order chi connectivity index (χ0) is 18.2. The number of nitrogens with one attached hydrogen (secondary N) is 1. The van der Waals surface area contributed by atoms with Crippen molar-refractivity contribution in [3.05, 3.63) is 29.8 Å². The predicted molar refractivity (Wildman–Crippen MR) is 96.3 cm³/mol. The molecule has 0 amide bonds. The summed E-state index contributed by atoms with van der Waals surface area (Å²) in [6.07, 6.45) is 8.36. The van der Waals surface area contributed by atoms with Gasteiger partial charge in [-0.2, -0.15) is 0 Å². The molecular formula is C20H28FN3O2. The van der Waals surface area contributed by atoms with E-state index < -0.39 is 11.4 Å². The summed E-state index contributed by atoms with van der Waals surface area (Å²) in [5.74, 6) is -0.933. The van der Waals surface area contributed by atoms with Crippen LogP contribution in [0.5, 0.6) is 0 Å². The Kier molecular flexibility index (Phi) is 4.73. The van der Waals surface area contributed by atoms with E-state index in [1.807, 2.05) is 0 Å². The summed E-state index contributed by atoms with van der Waals surface area (Å²) >= 11 is 0. The molecule has 4 rings (SSSR count). The molecule has 0 bridgehead atoms. The van der Waals surface area contributed by atoms with E-state index >= 15 is 0 Å². The summed E-state index contributed by atoms with van der Waals surface area (Å²) in [6.45, 7) is 3.52. The first-order valence-corrected chi connectivity index (χ1v) is 9.78. The normalized spacial score (nSPS) is 24.3. The number of nitrogens with zero attached hydrogens (tertiary/aromatic N) is 2. The highest BCUT2D eigenvalue weighted by molar-refractivity contribution is 5.78. The van der Waals surface area contributed by atoms with Gasteiger partial charge in [0.05, 0.1) is 11.6 Å². The van der Waals surface area contributed by atoms with Gasteiger partial charge >= 0.3 is 5.97 Å². The van der Waals surface area contributed by atoms with E-state index in [-0.39, 0.29) is 11.2 Å². The number of aliphatic carboxylic acids is 1. The lowest BCUT2D eigenvalue weighted by Gasteiger charge is -2.43. The fraction of sp³-hybridized carbons (Fsp3) is 0.700. The zero-order valence-corrected chi connectivity index (χ0v) is 15.2. The van der Waals surface area contributed by atoms with Gasteiger partial charge in [0.25, 0.3) is 0 Å². The van der Waals surface area contributed by atoms with Gasteiger partial charge in [0.2, 0.25) is 0 Å². The second-order valence-corrected chi connectivity index (χ2v) is 8.66. The maximum atomic E-state index is 13.2. The van der Waals surface area contributed by atoms with Crippen LogP contribution in [0.2, 0.25) is 0 Å². The Bertz CT molecular complexity index is 648. The number of aromatic nitrogens is 1. The van der Waals surface area contributed by atoms with Crippen LogP contribution in [0.1, 0.15) is 44.2 Å². The first-order valence-electron chi connectivity index (χ1n) is 9.78. The maximum Gasteiger partial charge on any atom is 0.310 e. The molecule has 5 nitrogen and oxygen atoms in total. The van der Waals surface area contributed by atoms with Crippen molar-refractivity contribution in [1.29, 1.82) is 0 Å². The van der Waals surface area contributed by atoms with Crippen LogP contribution in [0.4, 0.5) is 4.39 Å². The van der Waals surface area contributed by atoms with Crippen LogP contribution in [0, 0.1) is 16.6 Å². The average Bonchev–Trinajstić information content (AvgIpc) is 3.53. The third-order valence-corrected chi connectivity index (χ3v) is 6.44. The van der Waals surface area contributed by atoms with Gasteiger partial charge in [0, 0.05) is 24.8 Å². The second-order valence-electron chi connectivity index (χ2n) is 8.66. The monoisotopic (exact) mass is 361 g/mol. The van der Waals surface area contributed by atoms with Gasteiger partial charge in [0.15, 0.2) is 0 Å². The van der Waals surface area contributed by atoms with Crippen LogP contribution in [0.25, 0.3) is 0 Å². The van der Waals surface area contributed by atoms with E-state index in [0.29, 0.717) is 12.6 Å². The van der Waals surface area contributed by atoms with Gasteiger partial charge in [-0.25, -0.2) is 4.39 Å². The largest absolute Gasteiger partial charge is 0.481 e. The molecule has 1 aromatic heterocycles. The summed E-state index contributed by atoms with van der Waals surface area (Å²) in [5.41, 5.74) is 0.593. The minimum absolute atomic E-state index is 0.129. The molecular weight excluding hydrogens is 333 g/mol. The smallest absolute Gasteiger partial charge is 0.310 e. The molecule has 0 unspecified atom stereocenters. The third kappa shape index (κ3) is 4.07. The van der Waals surface area contributed by atoms with Crippen LogP contribution in [-0.4, -0.2) is 53.2 Å². The Balaban J connectivity index is 1.39. The molecule has 0 aromatic carbocycles. The van der Waals surface area contributed by atoms with E-state index in [1.165, 1.54) is 25.1 Å². The van der Waals surface area contributed by atoms with E-state index in [1.54, 1.807) is 6.07 Å². The molecule has 2 heterocycles. The van der Waals surface area contributed by atoms with Gasteiger partial charge in [-0.15, -0.1) is 0 Å². The Morgan fingerprint density at radius 1 is 1.27 bits per heavy atom. The average molecular weight is 361 g/mol. The van der Waals surface area contributed by atoms with E-state index in [0.717, 1.165) is 57.4 Å². The number of rotatable bonds is 8. The van der Waals surface area contributed by atoms with Gasteiger partial charge in [-0.1, -0.05) is 0 Å². The Morgan fingerprint density at radius 3 is 2.54 bits per heavy atom. The number of halogens is 1. The molecule has 0 atom stereocenters. The zero-order valence-electron chi connectivity index (χ0n) is 15.2. The van der Waals surface area contributed by atoms with Crippen LogP contribution in [0.15, 0.2) is 18.3 Å². The standard InChI is InChI=1S/C20H28FN3O2/c21-15-1-2-17(22-12-15)11-19(13-23-16-3-4-16)7-9-24(10-8-19)14-20(5-6-20)18(25)26/h1-2,12,16,23H,3-11,13-14H2,(H,25,26). The summed E-state index contributed by atoms with van der Waals surface area (Å²) < 4.78 is 13.2. The first kappa shape index (κ1) is 17.9. The predicted octanol–water partition coefficient (Wildman–Crippen LogP) is 2.46. The van der Waals surface area contributed by atoms with Crippen molar-refractivity contribution < 1.29 is 14.3 Å². The second kappa shape index (κ2) is 6.89. The molecule has 1 saturated heterocycles. The lowest BCUT2D eigenvalue weighted by Crippen LogP contribution is -2.48. The SMILES string of the molecule is O=C(O)C1(CN2CCC(CNC3CC3)(Cc3ccc(F)cn3)CC2)CC1. The Morgan fingerprint density at radius 2 is 2.00 bits per heavy atom. The first-order chi connectivity index (χ1) is 12.5. The van der Waals surface area contributed by atoms with Crippen molar-refractivity contribution in [2.24, 2.45) is 10.8 Å². The van der Waals surface area contributed by atoms with Crippen LogP contribution in [-0.2, 0) is 11.2 Å². The van der Waals surface area contributed by atoms with Gasteiger partial charge in [-0.3, -0.25) is 9.78 Å². The van der Waals surface area contributed by atoms with Crippen LogP contribution < -0.4 is 5.32 Å². The van der Waals surface area contributed by atoms with Crippen LogP contribution in [0.3, 0.4) is 0 Å². The molecule has 2 saturated carbocycles. The number of hydrogen-bond donors (Lipinski definition) is 2. The third-order valence-electron chi connectivity index (χ3n) is 6.44. The van der Waals surface area contributed by atoms with Crippen molar-refractivity contribution in [1.82, 2.24) is 15.2 Å². The lowest BCUT2D eigenvalue weighted by molar-refractivity contribution is -0.144.